The minimum atomic E-state index is 0.793. The van der Waals surface area contributed by atoms with Gasteiger partial charge in [-0.2, -0.15) is 0 Å². The fourth-order valence-corrected chi connectivity index (χ4v) is 3.94. The number of ether oxygens (including phenoxy) is 1. The van der Waals surface area contributed by atoms with Gasteiger partial charge in [0.25, 0.3) is 0 Å². The molecule has 134 valence electrons. The van der Waals surface area contributed by atoms with Crippen molar-refractivity contribution in [3.63, 3.8) is 0 Å². The van der Waals surface area contributed by atoms with Gasteiger partial charge in [0.05, 0.1) is 12.6 Å². The molecule has 0 radical (unpaired) electrons. The highest BCUT2D eigenvalue weighted by molar-refractivity contribution is 6.31. The third-order valence-corrected chi connectivity index (χ3v) is 5.44. The number of likely N-dealkylation sites (N-methyl/N-ethyl adjacent to an activating group) is 1. The van der Waals surface area contributed by atoms with E-state index >= 15 is 0 Å². The Bertz CT molecular complexity index is 986. The first-order valence-corrected chi connectivity index (χ1v) is 9.27. The van der Waals surface area contributed by atoms with Crippen LogP contribution in [0.4, 0.5) is 0 Å². The molecule has 0 saturated carbocycles. The molecule has 1 aromatic heterocycles. The number of fused-ring (bicyclic) bond motifs is 3. The quantitative estimate of drug-likeness (QED) is 0.625. The number of allylic oxidation sites excluding steroid dienone is 1. The molecule has 0 unspecified atom stereocenters. The number of methoxy groups -OCH3 is 1. The molecule has 2 aromatic carbocycles. The minimum Gasteiger partial charge on any atom is -0.497 e. The van der Waals surface area contributed by atoms with Gasteiger partial charge in [0.15, 0.2) is 0 Å². The number of halogens is 1. The third kappa shape index (κ3) is 3.02. The zero-order valence-corrected chi connectivity index (χ0v) is 16.2. The van der Waals surface area contributed by atoms with E-state index in [0.717, 1.165) is 30.3 Å². The summed E-state index contributed by atoms with van der Waals surface area (Å²) < 4.78 is 7.62. The standard InChI is InChI=1S/C22H23ClN2O/c1-15(16-4-7-18(26-3)8-5-16)13-25-21-9-6-17(23)12-19(21)20-14-24(2)11-10-22(20)25/h4-9,12-13H,10-11,14H2,1-3H3/b15-13+. The van der Waals surface area contributed by atoms with Crippen LogP contribution >= 0.6 is 11.6 Å². The predicted molar refractivity (Wildman–Crippen MR) is 110 cm³/mol. The highest BCUT2D eigenvalue weighted by Crippen LogP contribution is 2.33. The van der Waals surface area contributed by atoms with Crippen molar-refractivity contribution in [3.05, 3.63) is 64.3 Å². The van der Waals surface area contributed by atoms with Crippen molar-refractivity contribution in [2.45, 2.75) is 19.9 Å². The van der Waals surface area contributed by atoms with E-state index in [1.807, 2.05) is 18.2 Å². The monoisotopic (exact) mass is 366 g/mol. The first-order chi connectivity index (χ1) is 12.6. The average molecular weight is 367 g/mol. The number of benzene rings is 2. The summed E-state index contributed by atoms with van der Waals surface area (Å²) in [6.07, 6.45) is 3.30. The summed E-state index contributed by atoms with van der Waals surface area (Å²) >= 11 is 6.29. The van der Waals surface area contributed by atoms with E-state index < -0.39 is 0 Å². The highest BCUT2D eigenvalue weighted by atomic mass is 35.5. The van der Waals surface area contributed by atoms with Crippen molar-refractivity contribution < 1.29 is 4.74 Å². The topological polar surface area (TPSA) is 17.4 Å². The van der Waals surface area contributed by atoms with Crippen LogP contribution in [-0.2, 0) is 13.0 Å². The molecule has 4 rings (SSSR count). The van der Waals surface area contributed by atoms with Gasteiger partial charge in [-0.3, -0.25) is 0 Å². The van der Waals surface area contributed by atoms with E-state index in [-0.39, 0.29) is 0 Å². The molecule has 0 N–H and O–H groups in total. The van der Waals surface area contributed by atoms with E-state index in [1.165, 1.54) is 33.3 Å². The van der Waals surface area contributed by atoms with Crippen molar-refractivity contribution in [1.29, 1.82) is 0 Å². The Morgan fingerprint density at radius 3 is 2.65 bits per heavy atom. The Balaban J connectivity index is 1.85. The van der Waals surface area contributed by atoms with Crippen LogP contribution in [-0.4, -0.2) is 30.2 Å². The van der Waals surface area contributed by atoms with Crippen molar-refractivity contribution in [2.24, 2.45) is 0 Å². The van der Waals surface area contributed by atoms with Gasteiger partial charge in [0, 0.05) is 41.8 Å². The van der Waals surface area contributed by atoms with Crippen LogP contribution in [0.25, 0.3) is 22.7 Å². The van der Waals surface area contributed by atoms with E-state index in [4.69, 9.17) is 16.3 Å². The van der Waals surface area contributed by atoms with Gasteiger partial charge < -0.3 is 14.2 Å². The summed E-state index contributed by atoms with van der Waals surface area (Å²) in [5, 5.41) is 2.05. The molecular weight excluding hydrogens is 344 g/mol. The van der Waals surface area contributed by atoms with Gasteiger partial charge in [-0.15, -0.1) is 0 Å². The summed E-state index contributed by atoms with van der Waals surface area (Å²) in [5.41, 5.74) is 6.44. The molecule has 0 bridgehead atoms. The van der Waals surface area contributed by atoms with Crippen molar-refractivity contribution >= 4 is 34.3 Å². The second-order valence-electron chi connectivity index (χ2n) is 6.99. The summed E-state index contributed by atoms with van der Waals surface area (Å²) in [6, 6.07) is 14.4. The maximum Gasteiger partial charge on any atom is 0.118 e. The lowest BCUT2D eigenvalue weighted by Gasteiger charge is -2.23. The minimum absolute atomic E-state index is 0.793. The van der Waals surface area contributed by atoms with Gasteiger partial charge in [0.1, 0.15) is 5.75 Å². The highest BCUT2D eigenvalue weighted by Gasteiger charge is 2.22. The van der Waals surface area contributed by atoms with Crippen LogP contribution in [0.2, 0.25) is 5.02 Å². The normalized spacial score (nSPS) is 15.3. The van der Waals surface area contributed by atoms with Crippen molar-refractivity contribution in [2.75, 3.05) is 20.7 Å². The fraction of sp³-hybridized carbons (Fsp3) is 0.273. The Morgan fingerprint density at radius 2 is 1.92 bits per heavy atom. The number of hydrogen-bond donors (Lipinski definition) is 0. The first-order valence-electron chi connectivity index (χ1n) is 8.89. The number of aromatic nitrogens is 1. The second-order valence-corrected chi connectivity index (χ2v) is 7.42. The fourth-order valence-electron chi connectivity index (χ4n) is 3.77. The Labute approximate surface area is 159 Å². The molecule has 0 fully saturated rings. The molecule has 0 atom stereocenters. The van der Waals surface area contributed by atoms with Gasteiger partial charge in [-0.25, -0.2) is 0 Å². The van der Waals surface area contributed by atoms with E-state index in [9.17, 15) is 0 Å². The number of hydrogen-bond acceptors (Lipinski definition) is 2. The van der Waals surface area contributed by atoms with Gasteiger partial charge in [-0.05, 0) is 61.0 Å². The Morgan fingerprint density at radius 1 is 1.15 bits per heavy atom. The van der Waals surface area contributed by atoms with Crippen LogP contribution in [0.15, 0.2) is 42.5 Å². The molecule has 0 spiro atoms. The molecular formula is C22H23ClN2O. The van der Waals surface area contributed by atoms with Crippen LogP contribution in [0.5, 0.6) is 5.75 Å². The molecule has 1 aliphatic heterocycles. The molecule has 1 aliphatic rings. The molecule has 26 heavy (non-hydrogen) atoms. The van der Waals surface area contributed by atoms with Gasteiger partial charge in [-0.1, -0.05) is 23.7 Å². The molecule has 0 aliphatic carbocycles. The second kappa shape index (κ2) is 6.82. The zero-order valence-electron chi connectivity index (χ0n) is 15.4. The van der Waals surface area contributed by atoms with Crippen LogP contribution in [0.1, 0.15) is 23.7 Å². The summed E-state index contributed by atoms with van der Waals surface area (Å²) in [5.74, 6) is 0.878. The third-order valence-electron chi connectivity index (χ3n) is 5.21. The number of rotatable bonds is 3. The lowest BCUT2D eigenvalue weighted by atomic mass is 10.1. The SMILES string of the molecule is COc1ccc(/C(C)=C/n2c3c(c4cc(Cl)ccc42)CN(C)CC3)cc1. The smallest absolute Gasteiger partial charge is 0.118 e. The number of nitrogens with zero attached hydrogens (tertiary/aromatic N) is 2. The summed E-state index contributed by atoms with van der Waals surface area (Å²) in [6.45, 7) is 4.20. The van der Waals surface area contributed by atoms with Crippen molar-refractivity contribution in [1.82, 2.24) is 9.47 Å². The first kappa shape index (κ1) is 17.2. The molecule has 3 nitrogen and oxygen atoms in total. The maximum atomic E-state index is 6.29. The lowest BCUT2D eigenvalue weighted by Crippen LogP contribution is -2.26. The molecule has 2 heterocycles. The van der Waals surface area contributed by atoms with E-state index in [1.54, 1.807) is 7.11 Å². The Hall–Kier alpha value is -2.23. The molecule has 0 saturated heterocycles. The zero-order chi connectivity index (χ0) is 18.3. The molecule has 0 amide bonds. The van der Waals surface area contributed by atoms with Gasteiger partial charge >= 0.3 is 0 Å². The predicted octanol–water partition coefficient (Wildman–Crippen LogP) is 5.31. The summed E-state index contributed by atoms with van der Waals surface area (Å²) in [4.78, 5) is 2.37. The Kier molecular flexibility index (Phi) is 4.51. The molecule has 3 aromatic rings. The van der Waals surface area contributed by atoms with Crippen molar-refractivity contribution in [3.8, 4) is 5.75 Å². The van der Waals surface area contributed by atoms with Crippen LogP contribution in [0.3, 0.4) is 0 Å². The van der Waals surface area contributed by atoms with Crippen LogP contribution in [0, 0.1) is 0 Å². The summed E-state index contributed by atoms with van der Waals surface area (Å²) in [7, 11) is 3.87. The largest absolute Gasteiger partial charge is 0.497 e. The molecule has 4 heteroatoms. The lowest BCUT2D eigenvalue weighted by molar-refractivity contribution is 0.312. The van der Waals surface area contributed by atoms with Gasteiger partial charge in [0.2, 0.25) is 0 Å². The maximum absolute atomic E-state index is 6.29. The van der Waals surface area contributed by atoms with E-state index in [2.05, 4.69) is 53.9 Å². The average Bonchev–Trinajstić information content (AvgIpc) is 2.94. The van der Waals surface area contributed by atoms with E-state index in [0.29, 0.717) is 0 Å². The van der Waals surface area contributed by atoms with Crippen LogP contribution < -0.4 is 4.74 Å².